The summed E-state index contributed by atoms with van der Waals surface area (Å²) in [6, 6.07) is -0.275. The summed E-state index contributed by atoms with van der Waals surface area (Å²) >= 11 is 0. The van der Waals surface area contributed by atoms with Crippen LogP contribution in [0.2, 0.25) is 0 Å². The van der Waals surface area contributed by atoms with Crippen LogP contribution in [-0.2, 0) is 9.59 Å². The van der Waals surface area contributed by atoms with Crippen molar-refractivity contribution < 1.29 is 19.5 Å². The maximum atomic E-state index is 10.4. The molecule has 100 valence electrons. The number of carboxylic acid groups (broad SMARTS) is 1. The van der Waals surface area contributed by atoms with E-state index in [1.165, 1.54) is 0 Å². The van der Waals surface area contributed by atoms with Crippen molar-refractivity contribution in [2.24, 2.45) is 11.7 Å². The largest absolute Gasteiger partial charge is 0.481 e. The molecule has 0 aromatic rings. The zero-order valence-corrected chi connectivity index (χ0v) is 10.2. The highest BCUT2D eigenvalue weighted by molar-refractivity contribution is 5.86. The van der Waals surface area contributed by atoms with Crippen molar-refractivity contribution in [3.8, 4) is 0 Å². The Morgan fingerprint density at radius 1 is 1.39 bits per heavy atom. The van der Waals surface area contributed by atoms with E-state index in [0.29, 0.717) is 24.7 Å². The first-order valence-electron chi connectivity index (χ1n) is 5.98. The van der Waals surface area contributed by atoms with Gasteiger partial charge in [0.25, 0.3) is 0 Å². The summed E-state index contributed by atoms with van der Waals surface area (Å²) in [6.45, 7) is 1.71. The van der Waals surface area contributed by atoms with E-state index in [9.17, 15) is 14.4 Å². The fraction of sp³-hybridized carbons (Fsp3) is 0.583. The minimum absolute atomic E-state index is 0.275. The average molecular weight is 254 g/mol. The van der Waals surface area contributed by atoms with Crippen LogP contribution in [0.1, 0.15) is 25.7 Å². The number of allylic oxidation sites excluding steroid dienone is 1. The Bertz CT molecular complexity index is 359. The van der Waals surface area contributed by atoms with Crippen LogP contribution in [0.4, 0.5) is 4.79 Å². The van der Waals surface area contributed by atoms with Gasteiger partial charge in [-0.05, 0) is 25.7 Å². The van der Waals surface area contributed by atoms with Crippen molar-refractivity contribution in [3.05, 3.63) is 11.6 Å². The molecule has 3 N–H and O–H groups in total. The summed E-state index contributed by atoms with van der Waals surface area (Å²) in [7, 11) is 0. The zero-order valence-electron chi connectivity index (χ0n) is 10.2. The molecule has 1 unspecified atom stereocenters. The molecule has 2 aliphatic rings. The number of primary amides is 1. The highest BCUT2D eigenvalue weighted by Gasteiger charge is 2.24. The van der Waals surface area contributed by atoms with E-state index in [-0.39, 0.29) is 6.03 Å². The molecule has 0 aromatic carbocycles. The third-order valence-corrected chi connectivity index (χ3v) is 3.09. The molecule has 1 atom stereocenters. The topological polar surface area (TPSA) is 101 Å². The maximum Gasteiger partial charge on any atom is 0.314 e. The zero-order chi connectivity index (χ0) is 13.5. The normalized spacial score (nSPS) is 21.9. The lowest BCUT2D eigenvalue weighted by atomic mass is 10.0. The number of carboxylic acids is 1. The molecule has 1 saturated heterocycles. The number of carbonyl (C=O) groups is 3. The lowest BCUT2D eigenvalue weighted by Gasteiger charge is -2.09. The lowest BCUT2D eigenvalue weighted by molar-refractivity contribution is -0.140. The highest BCUT2D eigenvalue weighted by Crippen LogP contribution is 2.23. The standard InChI is InChI=1S/C7H8O3.C5H10N2O/c8-4-5-2-1-3-6(5)7(9)10;6-5(8)7-3-1-2-4-7/h2,4,6H,1,3H2,(H,9,10);1-4H2,(H2,6,8). The predicted octanol–water partition coefficient (Wildman–Crippen LogP) is 0.767. The van der Waals surface area contributed by atoms with Gasteiger partial charge in [-0.15, -0.1) is 0 Å². The quantitative estimate of drug-likeness (QED) is 0.710. The van der Waals surface area contributed by atoms with Crippen molar-refractivity contribution in [3.63, 3.8) is 0 Å². The Balaban J connectivity index is 0.000000184. The van der Waals surface area contributed by atoms with Crippen molar-refractivity contribution in [1.82, 2.24) is 4.90 Å². The number of likely N-dealkylation sites (tertiary alicyclic amines) is 1. The van der Waals surface area contributed by atoms with Gasteiger partial charge in [0, 0.05) is 18.7 Å². The Morgan fingerprint density at radius 3 is 2.33 bits per heavy atom. The van der Waals surface area contributed by atoms with Gasteiger partial charge >= 0.3 is 12.0 Å². The summed E-state index contributed by atoms with van der Waals surface area (Å²) in [4.78, 5) is 32.6. The van der Waals surface area contributed by atoms with Gasteiger partial charge in [-0.3, -0.25) is 9.59 Å². The smallest absolute Gasteiger partial charge is 0.314 e. The van der Waals surface area contributed by atoms with Crippen LogP contribution in [0.15, 0.2) is 11.6 Å². The minimum Gasteiger partial charge on any atom is -0.481 e. The molecule has 2 rings (SSSR count). The molecule has 18 heavy (non-hydrogen) atoms. The summed E-state index contributed by atoms with van der Waals surface area (Å²) in [5.74, 6) is -1.44. The molecule has 0 saturated carbocycles. The molecular weight excluding hydrogens is 236 g/mol. The molecule has 1 fully saturated rings. The fourth-order valence-electron chi connectivity index (χ4n) is 2.06. The maximum absolute atomic E-state index is 10.4. The van der Waals surface area contributed by atoms with Gasteiger partial charge in [-0.25, -0.2) is 4.79 Å². The summed E-state index contributed by atoms with van der Waals surface area (Å²) in [5.41, 5.74) is 5.41. The third-order valence-electron chi connectivity index (χ3n) is 3.09. The molecule has 0 radical (unpaired) electrons. The van der Waals surface area contributed by atoms with Crippen molar-refractivity contribution in [2.45, 2.75) is 25.7 Å². The molecule has 1 aliphatic carbocycles. The van der Waals surface area contributed by atoms with Crippen LogP contribution >= 0.6 is 0 Å². The molecule has 0 bridgehead atoms. The van der Waals surface area contributed by atoms with Crippen LogP contribution < -0.4 is 5.73 Å². The van der Waals surface area contributed by atoms with Crippen molar-refractivity contribution >= 4 is 18.3 Å². The Labute approximate surface area is 105 Å². The van der Waals surface area contributed by atoms with E-state index in [4.69, 9.17) is 10.8 Å². The Kier molecular flexibility index (Phi) is 5.35. The van der Waals surface area contributed by atoms with Gasteiger partial charge in [0.1, 0.15) is 6.29 Å². The Hall–Kier alpha value is -1.85. The predicted molar refractivity (Wildman–Crippen MR) is 64.9 cm³/mol. The number of hydrogen-bond donors (Lipinski definition) is 2. The van der Waals surface area contributed by atoms with Gasteiger partial charge in [-0.2, -0.15) is 0 Å². The molecule has 0 aromatic heterocycles. The fourth-order valence-corrected chi connectivity index (χ4v) is 2.06. The second-order valence-electron chi connectivity index (χ2n) is 4.32. The van der Waals surface area contributed by atoms with Gasteiger partial charge in [0.2, 0.25) is 0 Å². The van der Waals surface area contributed by atoms with Crippen LogP contribution in [0.25, 0.3) is 0 Å². The lowest BCUT2D eigenvalue weighted by Crippen LogP contribution is -2.32. The highest BCUT2D eigenvalue weighted by atomic mass is 16.4. The number of aldehydes is 1. The SMILES string of the molecule is NC(=O)N1CCCC1.O=CC1=CCCC1C(=O)O. The van der Waals surface area contributed by atoms with E-state index in [2.05, 4.69) is 0 Å². The molecule has 6 nitrogen and oxygen atoms in total. The van der Waals surface area contributed by atoms with E-state index in [1.54, 1.807) is 11.0 Å². The van der Waals surface area contributed by atoms with Crippen LogP contribution in [-0.4, -0.2) is 41.4 Å². The number of hydrogen-bond acceptors (Lipinski definition) is 3. The Morgan fingerprint density at radius 2 is 2.00 bits per heavy atom. The molecule has 1 heterocycles. The van der Waals surface area contributed by atoms with Gasteiger partial charge in [0.15, 0.2) is 0 Å². The molecule has 1 aliphatic heterocycles. The van der Waals surface area contributed by atoms with Crippen LogP contribution in [0.3, 0.4) is 0 Å². The van der Waals surface area contributed by atoms with Gasteiger partial charge < -0.3 is 15.7 Å². The number of carbonyl (C=O) groups excluding carboxylic acids is 2. The van der Waals surface area contributed by atoms with E-state index >= 15 is 0 Å². The number of urea groups is 1. The van der Waals surface area contributed by atoms with E-state index in [0.717, 1.165) is 25.9 Å². The molecule has 2 amide bonds. The minimum atomic E-state index is -0.893. The van der Waals surface area contributed by atoms with Gasteiger partial charge in [-0.1, -0.05) is 6.08 Å². The monoisotopic (exact) mass is 254 g/mol. The van der Waals surface area contributed by atoms with Crippen LogP contribution in [0.5, 0.6) is 0 Å². The molecule has 6 heteroatoms. The first-order chi connectivity index (χ1) is 8.56. The van der Waals surface area contributed by atoms with E-state index in [1.807, 2.05) is 0 Å². The molecule has 0 spiro atoms. The van der Waals surface area contributed by atoms with Gasteiger partial charge in [0.05, 0.1) is 5.92 Å². The summed E-state index contributed by atoms with van der Waals surface area (Å²) in [5, 5.41) is 8.52. The second-order valence-corrected chi connectivity index (χ2v) is 4.32. The van der Waals surface area contributed by atoms with Crippen LogP contribution in [0, 0.1) is 5.92 Å². The number of nitrogens with two attached hydrogens (primary N) is 1. The average Bonchev–Trinajstić information content (AvgIpc) is 3.01. The number of rotatable bonds is 2. The second kappa shape index (κ2) is 6.78. The third kappa shape index (κ3) is 3.87. The number of aliphatic carboxylic acids is 1. The van der Waals surface area contributed by atoms with E-state index < -0.39 is 11.9 Å². The number of nitrogens with zero attached hydrogens (tertiary/aromatic N) is 1. The number of amides is 2. The van der Waals surface area contributed by atoms with Crippen molar-refractivity contribution in [1.29, 1.82) is 0 Å². The first kappa shape index (κ1) is 14.2. The van der Waals surface area contributed by atoms with Crippen molar-refractivity contribution in [2.75, 3.05) is 13.1 Å². The summed E-state index contributed by atoms with van der Waals surface area (Å²) in [6.07, 6.45) is 5.83. The summed E-state index contributed by atoms with van der Waals surface area (Å²) < 4.78 is 0. The first-order valence-corrected chi connectivity index (χ1v) is 5.98. The molecular formula is C12H18N2O4.